The van der Waals surface area contributed by atoms with Crippen LogP contribution in [-0.4, -0.2) is 41.4 Å². The van der Waals surface area contributed by atoms with Gasteiger partial charge in [-0.2, -0.15) is 9.61 Å². The number of nitrogens with one attached hydrogen (secondary N) is 2. The summed E-state index contributed by atoms with van der Waals surface area (Å²) in [5.74, 6) is -1.29. The standard InChI is InChI=1S/C23H24BrF2N5O2S/c1-15-6-2-3-7-17(15)21-13-22(31-23(30-21)18(24)14-28-31)27-10-4-5-11-29-34(32,33)16-8-9-19(25)20(26)12-16/h2-3,6-9,13-14,16,27,29H,4-5,10-12H2,1H3. The average Bonchev–Trinajstić information content (AvgIpc) is 3.19. The van der Waals surface area contributed by atoms with E-state index >= 15 is 0 Å². The van der Waals surface area contributed by atoms with E-state index in [1.165, 1.54) is 6.08 Å². The molecule has 3 aromatic rings. The Bertz CT molecular complexity index is 1370. The average molecular weight is 552 g/mol. The first-order valence-corrected chi connectivity index (χ1v) is 13.1. The molecule has 0 bridgehead atoms. The number of aromatic nitrogens is 3. The quantitative estimate of drug-likeness (QED) is 0.363. The lowest BCUT2D eigenvalue weighted by Crippen LogP contribution is -2.34. The molecule has 1 aromatic carbocycles. The van der Waals surface area contributed by atoms with E-state index in [1.54, 1.807) is 10.7 Å². The second-order valence-electron chi connectivity index (χ2n) is 8.00. The lowest BCUT2D eigenvalue weighted by atomic mass is 10.1. The van der Waals surface area contributed by atoms with E-state index in [1.807, 2.05) is 37.3 Å². The zero-order chi connectivity index (χ0) is 24.3. The van der Waals surface area contributed by atoms with Crippen LogP contribution < -0.4 is 10.0 Å². The zero-order valence-corrected chi connectivity index (χ0v) is 20.8. The van der Waals surface area contributed by atoms with E-state index in [2.05, 4.69) is 31.1 Å². The molecule has 34 heavy (non-hydrogen) atoms. The summed E-state index contributed by atoms with van der Waals surface area (Å²) in [6.07, 6.45) is 4.48. The number of fused-ring (bicyclic) bond motifs is 1. The van der Waals surface area contributed by atoms with Crippen LogP contribution in [0.1, 0.15) is 24.8 Å². The number of sulfonamides is 1. The highest BCUT2D eigenvalue weighted by Crippen LogP contribution is 2.28. The third kappa shape index (κ3) is 5.37. The lowest BCUT2D eigenvalue weighted by Gasteiger charge is -2.17. The summed E-state index contributed by atoms with van der Waals surface area (Å²) in [5.41, 5.74) is 3.65. The molecule has 0 spiro atoms. The molecule has 1 unspecified atom stereocenters. The number of rotatable bonds is 9. The molecule has 11 heteroatoms. The second-order valence-corrected chi connectivity index (χ2v) is 10.8. The fourth-order valence-corrected chi connectivity index (χ4v) is 5.33. The van der Waals surface area contributed by atoms with Crippen molar-refractivity contribution in [2.45, 2.75) is 31.4 Å². The predicted molar refractivity (Wildman–Crippen MR) is 132 cm³/mol. The molecule has 0 saturated carbocycles. The van der Waals surface area contributed by atoms with Crippen molar-refractivity contribution in [3.63, 3.8) is 0 Å². The van der Waals surface area contributed by atoms with E-state index in [0.29, 0.717) is 25.0 Å². The highest BCUT2D eigenvalue weighted by molar-refractivity contribution is 9.10. The van der Waals surface area contributed by atoms with E-state index in [0.717, 1.165) is 33.2 Å². The number of unbranched alkanes of at least 4 members (excludes halogenated alkanes) is 1. The van der Waals surface area contributed by atoms with Gasteiger partial charge in [0.05, 0.1) is 16.4 Å². The predicted octanol–water partition coefficient (Wildman–Crippen LogP) is 5.06. The van der Waals surface area contributed by atoms with Crippen molar-refractivity contribution in [2.24, 2.45) is 0 Å². The van der Waals surface area contributed by atoms with Gasteiger partial charge in [-0.15, -0.1) is 0 Å². The molecule has 1 aliphatic rings. The van der Waals surface area contributed by atoms with Crippen LogP contribution in [0, 0.1) is 6.92 Å². The first-order valence-electron chi connectivity index (χ1n) is 10.8. The van der Waals surface area contributed by atoms with Gasteiger partial charge < -0.3 is 5.32 Å². The summed E-state index contributed by atoms with van der Waals surface area (Å²) in [6.45, 7) is 2.82. The summed E-state index contributed by atoms with van der Waals surface area (Å²) in [5, 5.41) is 6.62. The summed E-state index contributed by atoms with van der Waals surface area (Å²) in [4.78, 5) is 4.74. The smallest absolute Gasteiger partial charge is 0.218 e. The number of hydrogen-bond donors (Lipinski definition) is 2. The Hall–Kier alpha value is -2.63. The first kappa shape index (κ1) is 24.5. The summed E-state index contributed by atoms with van der Waals surface area (Å²) in [6, 6.07) is 9.94. The van der Waals surface area contributed by atoms with Crippen molar-refractivity contribution < 1.29 is 17.2 Å². The van der Waals surface area contributed by atoms with Crippen LogP contribution in [0.4, 0.5) is 14.6 Å². The molecule has 2 heterocycles. The summed E-state index contributed by atoms with van der Waals surface area (Å²) in [7, 11) is -3.77. The van der Waals surface area contributed by atoms with Crippen molar-refractivity contribution >= 4 is 37.4 Å². The maximum absolute atomic E-state index is 13.4. The number of hydrogen-bond acceptors (Lipinski definition) is 5. The van der Waals surface area contributed by atoms with E-state index in [4.69, 9.17) is 4.98 Å². The lowest BCUT2D eigenvalue weighted by molar-refractivity contribution is 0.506. The molecule has 2 aromatic heterocycles. The SMILES string of the molecule is Cc1ccccc1-c1cc(NCCCCNS(=O)(=O)C2C=CC(F)=C(F)C2)n2ncc(Br)c2n1. The molecule has 0 aliphatic heterocycles. The fourth-order valence-electron chi connectivity index (χ4n) is 3.69. The topological polar surface area (TPSA) is 88.4 Å². The van der Waals surface area contributed by atoms with Crippen LogP contribution in [0.3, 0.4) is 0 Å². The Morgan fingerprint density at radius 3 is 2.74 bits per heavy atom. The van der Waals surface area contributed by atoms with Gasteiger partial charge in [-0.05, 0) is 47.3 Å². The minimum Gasteiger partial charge on any atom is -0.370 e. The van der Waals surface area contributed by atoms with Crippen LogP contribution in [0.5, 0.6) is 0 Å². The highest BCUT2D eigenvalue weighted by Gasteiger charge is 2.27. The maximum Gasteiger partial charge on any atom is 0.218 e. The molecule has 1 atom stereocenters. The van der Waals surface area contributed by atoms with Gasteiger partial charge in [0.25, 0.3) is 0 Å². The highest BCUT2D eigenvalue weighted by atomic mass is 79.9. The molecule has 0 fully saturated rings. The van der Waals surface area contributed by atoms with Crippen LogP contribution in [0.2, 0.25) is 0 Å². The molecule has 2 N–H and O–H groups in total. The molecule has 0 radical (unpaired) electrons. The molecule has 4 rings (SSSR count). The number of allylic oxidation sites excluding steroid dienone is 3. The Morgan fingerprint density at radius 1 is 1.21 bits per heavy atom. The van der Waals surface area contributed by atoms with Crippen LogP contribution in [0.25, 0.3) is 16.9 Å². The Labute approximate surface area is 205 Å². The van der Waals surface area contributed by atoms with Gasteiger partial charge >= 0.3 is 0 Å². The number of halogens is 3. The van der Waals surface area contributed by atoms with Gasteiger partial charge in [-0.25, -0.2) is 26.9 Å². The molecule has 0 saturated heterocycles. The zero-order valence-electron chi connectivity index (χ0n) is 18.4. The van der Waals surface area contributed by atoms with Crippen molar-refractivity contribution in [2.75, 3.05) is 18.4 Å². The number of nitrogens with zero attached hydrogens (tertiary/aromatic N) is 3. The third-order valence-electron chi connectivity index (χ3n) is 5.56. The molecule has 0 amide bonds. The van der Waals surface area contributed by atoms with Gasteiger partial charge in [0.2, 0.25) is 10.0 Å². The van der Waals surface area contributed by atoms with Gasteiger partial charge in [0.15, 0.2) is 11.5 Å². The van der Waals surface area contributed by atoms with E-state index in [9.17, 15) is 17.2 Å². The van der Waals surface area contributed by atoms with Crippen LogP contribution in [0.15, 0.2) is 64.8 Å². The molecule has 7 nitrogen and oxygen atoms in total. The van der Waals surface area contributed by atoms with Crippen LogP contribution in [-0.2, 0) is 10.0 Å². The van der Waals surface area contributed by atoms with E-state index < -0.39 is 33.3 Å². The van der Waals surface area contributed by atoms with Crippen LogP contribution >= 0.6 is 15.9 Å². The monoisotopic (exact) mass is 551 g/mol. The molecule has 1 aliphatic carbocycles. The van der Waals surface area contributed by atoms with Crippen molar-refractivity contribution in [1.82, 2.24) is 19.3 Å². The number of anilines is 1. The van der Waals surface area contributed by atoms with Gasteiger partial charge in [0.1, 0.15) is 16.9 Å². The Kier molecular flexibility index (Phi) is 7.44. The number of aryl methyl sites for hydroxylation is 1. The van der Waals surface area contributed by atoms with E-state index in [-0.39, 0.29) is 6.54 Å². The minimum atomic E-state index is -3.77. The molecule has 180 valence electrons. The first-order chi connectivity index (χ1) is 16.3. The van der Waals surface area contributed by atoms with Gasteiger partial charge in [-0.1, -0.05) is 30.3 Å². The summed E-state index contributed by atoms with van der Waals surface area (Å²) >= 11 is 3.50. The molecular weight excluding hydrogens is 528 g/mol. The third-order valence-corrected chi connectivity index (χ3v) is 7.84. The van der Waals surface area contributed by atoms with Gasteiger partial charge in [-0.3, -0.25) is 0 Å². The van der Waals surface area contributed by atoms with Gasteiger partial charge in [0, 0.05) is 31.1 Å². The minimum absolute atomic E-state index is 0.204. The Balaban J connectivity index is 1.35. The number of benzene rings is 1. The maximum atomic E-state index is 13.4. The largest absolute Gasteiger partial charge is 0.370 e. The van der Waals surface area contributed by atoms with Crippen molar-refractivity contribution in [3.05, 3.63) is 70.4 Å². The Morgan fingerprint density at radius 2 is 1.97 bits per heavy atom. The second kappa shape index (κ2) is 10.3. The summed E-state index contributed by atoms with van der Waals surface area (Å²) < 4.78 is 56.1. The van der Waals surface area contributed by atoms with Crippen molar-refractivity contribution in [3.8, 4) is 11.3 Å². The normalized spacial score (nSPS) is 16.4. The van der Waals surface area contributed by atoms with Crippen molar-refractivity contribution in [1.29, 1.82) is 0 Å². The fraction of sp³-hybridized carbons (Fsp3) is 0.304. The molecular formula is C23H24BrF2N5O2S.